The predicted molar refractivity (Wildman–Crippen MR) is 85.4 cm³/mol. The minimum Gasteiger partial charge on any atom is -0.444 e. The third kappa shape index (κ3) is 4.92. The van der Waals surface area contributed by atoms with E-state index in [-0.39, 0.29) is 6.04 Å². The van der Waals surface area contributed by atoms with Gasteiger partial charge in [-0.05, 0) is 39.2 Å². The highest BCUT2D eigenvalue weighted by Crippen LogP contribution is 2.45. The van der Waals surface area contributed by atoms with Crippen molar-refractivity contribution in [1.29, 1.82) is 0 Å². The molecule has 0 atom stereocenters. The minimum absolute atomic E-state index is 0.230. The SMILES string of the molecule is CC(C)(C)OC(=O)NC1CC(CS(=O)(=O)F)(c2ccccc2)C1. The molecule has 0 aromatic heterocycles. The molecule has 0 saturated heterocycles. The van der Waals surface area contributed by atoms with Gasteiger partial charge in [0.1, 0.15) is 5.60 Å². The second-order valence-electron chi connectivity index (χ2n) is 7.08. The van der Waals surface area contributed by atoms with Gasteiger partial charge in [-0.25, -0.2) is 4.79 Å². The first-order valence-corrected chi connectivity index (χ1v) is 9.02. The lowest BCUT2D eigenvalue weighted by Gasteiger charge is -2.47. The van der Waals surface area contributed by atoms with Gasteiger partial charge < -0.3 is 10.1 Å². The highest BCUT2D eigenvalue weighted by atomic mass is 32.3. The summed E-state index contributed by atoms with van der Waals surface area (Å²) in [6.45, 7) is 5.28. The van der Waals surface area contributed by atoms with E-state index < -0.39 is 33.1 Å². The maximum Gasteiger partial charge on any atom is 0.407 e. The molecule has 0 unspecified atom stereocenters. The molecule has 23 heavy (non-hydrogen) atoms. The van der Waals surface area contributed by atoms with E-state index in [1.165, 1.54) is 0 Å². The monoisotopic (exact) mass is 343 g/mol. The Labute approximate surface area is 136 Å². The Morgan fingerprint density at radius 2 is 1.87 bits per heavy atom. The number of carbonyl (C=O) groups is 1. The largest absolute Gasteiger partial charge is 0.444 e. The molecular formula is C16H22FNO4S. The average Bonchev–Trinajstić information content (AvgIpc) is 2.33. The Bertz CT molecular complexity index is 661. The number of alkyl carbamates (subject to hydrolysis) is 1. The van der Waals surface area contributed by atoms with Gasteiger partial charge in [-0.3, -0.25) is 0 Å². The maximum atomic E-state index is 13.3. The molecule has 0 bridgehead atoms. The Morgan fingerprint density at radius 1 is 1.30 bits per heavy atom. The second kappa shape index (κ2) is 6.11. The zero-order valence-electron chi connectivity index (χ0n) is 13.5. The number of nitrogens with one attached hydrogen (secondary N) is 1. The fraction of sp³-hybridized carbons (Fsp3) is 0.562. The zero-order chi connectivity index (χ0) is 17.3. The van der Waals surface area contributed by atoms with E-state index in [2.05, 4.69) is 5.32 Å². The van der Waals surface area contributed by atoms with E-state index in [4.69, 9.17) is 4.74 Å². The van der Waals surface area contributed by atoms with Crippen molar-refractivity contribution in [2.45, 2.75) is 50.7 Å². The van der Waals surface area contributed by atoms with Gasteiger partial charge in [0.2, 0.25) is 0 Å². The molecule has 1 aromatic rings. The third-order valence-corrected chi connectivity index (χ3v) is 4.73. The van der Waals surface area contributed by atoms with Crippen LogP contribution < -0.4 is 5.32 Å². The van der Waals surface area contributed by atoms with Crippen molar-refractivity contribution in [2.75, 3.05) is 5.75 Å². The van der Waals surface area contributed by atoms with Crippen molar-refractivity contribution in [3.05, 3.63) is 35.9 Å². The molecule has 1 amide bonds. The fourth-order valence-electron chi connectivity index (χ4n) is 3.02. The van der Waals surface area contributed by atoms with Crippen LogP contribution in [0.2, 0.25) is 0 Å². The van der Waals surface area contributed by atoms with Crippen LogP contribution in [0.5, 0.6) is 0 Å². The summed E-state index contributed by atoms with van der Waals surface area (Å²) in [7, 11) is -4.62. The van der Waals surface area contributed by atoms with Crippen LogP contribution in [0.3, 0.4) is 0 Å². The highest BCUT2D eigenvalue weighted by Gasteiger charge is 2.49. The number of amides is 1. The van der Waals surface area contributed by atoms with Crippen LogP contribution in [0.1, 0.15) is 39.2 Å². The summed E-state index contributed by atoms with van der Waals surface area (Å²) in [6, 6.07) is 8.74. The molecular weight excluding hydrogens is 321 g/mol. The van der Waals surface area contributed by atoms with Crippen molar-refractivity contribution in [3.63, 3.8) is 0 Å². The quantitative estimate of drug-likeness (QED) is 0.853. The molecule has 1 aliphatic carbocycles. The molecule has 0 spiro atoms. The second-order valence-corrected chi connectivity index (χ2v) is 8.45. The number of halogens is 1. The van der Waals surface area contributed by atoms with Crippen molar-refractivity contribution < 1.29 is 21.8 Å². The van der Waals surface area contributed by atoms with Gasteiger partial charge in [0.15, 0.2) is 0 Å². The summed E-state index contributed by atoms with van der Waals surface area (Å²) in [5, 5.41) is 2.70. The summed E-state index contributed by atoms with van der Waals surface area (Å²) >= 11 is 0. The summed E-state index contributed by atoms with van der Waals surface area (Å²) in [4.78, 5) is 11.8. The Balaban J connectivity index is 2.06. The molecule has 5 nitrogen and oxygen atoms in total. The van der Waals surface area contributed by atoms with Crippen LogP contribution in [0, 0.1) is 0 Å². The first kappa shape index (κ1) is 17.7. The standard InChI is InChI=1S/C16H22FNO4S/c1-15(2,3)22-14(19)18-13-9-16(10-13,11-23(17,20)21)12-7-5-4-6-8-12/h4-8,13H,9-11H2,1-3H3,(H,18,19). The van der Waals surface area contributed by atoms with Gasteiger partial charge in [0.25, 0.3) is 0 Å². The van der Waals surface area contributed by atoms with Crippen LogP contribution in [-0.4, -0.2) is 31.9 Å². The fourth-order valence-corrected chi connectivity index (χ4v) is 4.08. The molecule has 0 radical (unpaired) electrons. The van der Waals surface area contributed by atoms with E-state index in [0.717, 1.165) is 5.56 Å². The smallest absolute Gasteiger partial charge is 0.407 e. The van der Waals surface area contributed by atoms with Crippen LogP contribution >= 0.6 is 0 Å². The number of hydrogen-bond acceptors (Lipinski definition) is 4. The third-order valence-electron chi connectivity index (χ3n) is 3.83. The van der Waals surface area contributed by atoms with Gasteiger partial charge in [-0.15, -0.1) is 3.89 Å². The van der Waals surface area contributed by atoms with Gasteiger partial charge >= 0.3 is 16.3 Å². The summed E-state index contributed by atoms with van der Waals surface area (Å²) in [5.41, 5.74) is -0.635. The Kier molecular flexibility index (Phi) is 4.71. The lowest BCUT2D eigenvalue weighted by atomic mass is 9.63. The first-order valence-electron chi connectivity index (χ1n) is 7.47. The molecule has 1 fully saturated rings. The lowest BCUT2D eigenvalue weighted by Crippen LogP contribution is -2.56. The first-order chi connectivity index (χ1) is 10.5. The van der Waals surface area contributed by atoms with Gasteiger partial charge in [-0.2, -0.15) is 8.42 Å². The molecule has 1 saturated carbocycles. The average molecular weight is 343 g/mol. The van der Waals surface area contributed by atoms with E-state index in [1.54, 1.807) is 45.0 Å². The molecule has 0 aliphatic heterocycles. The molecule has 7 heteroatoms. The summed E-state index contributed by atoms with van der Waals surface area (Å²) < 4.78 is 40.7. The summed E-state index contributed by atoms with van der Waals surface area (Å²) in [6.07, 6.45) is 0.172. The maximum absolute atomic E-state index is 13.3. The predicted octanol–water partition coefficient (Wildman–Crippen LogP) is 2.91. The van der Waals surface area contributed by atoms with Gasteiger partial charge in [-0.1, -0.05) is 30.3 Å². The van der Waals surface area contributed by atoms with Crippen LogP contribution in [0.15, 0.2) is 30.3 Å². The Hall–Kier alpha value is -1.63. The molecule has 0 heterocycles. The summed E-state index contributed by atoms with van der Waals surface area (Å²) in [5.74, 6) is -0.573. The van der Waals surface area contributed by atoms with Crippen LogP contribution in [0.4, 0.5) is 8.68 Å². The van der Waals surface area contributed by atoms with Crippen LogP contribution in [0.25, 0.3) is 0 Å². The number of rotatable bonds is 4. The van der Waals surface area contributed by atoms with Crippen molar-refractivity contribution in [1.82, 2.24) is 5.32 Å². The van der Waals surface area contributed by atoms with E-state index >= 15 is 0 Å². The molecule has 2 rings (SSSR count). The normalized spacial score (nSPS) is 24.6. The molecule has 128 valence electrons. The van der Waals surface area contributed by atoms with Crippen molar-refractivity contribution >= 4 is 16.3 Å². The van der Waals surface area contributed by atoms with E-state index in [9.17, 15) is 17.1 Å². The van der Waals surface area contributed by atoms with Crippen molar-refractivity contribution in [3.8, 4) is 0 Å². The lowest BCUT2D eigenvalue weighted by molar-refractivity contribution is 0.0441. The number of benzene rings is 1. The number of ether oxygens (including phenoxy) is 1. The zero-order valence-corrected chi connectivity index (χ0v) is 14.3. The number of carbonyl (C=O) groups excluding carboxylic acids is 1. The molecule has 1 aliphatic rings. The van der Waals surface area contributed by atoms with Crippen molar-refractivity contribution in [2.24, 2.45) is 0 Å². The highest BCUT2D eigenvalue weighted by molar-refractivity contribution is 7.86. The van der Waals surface area contributed by atoms with Crippen LogP contribution in [-0.2, 0) is 20.4 Å². The van der Waals surface area contributed by atoms with E-state index in [0.29, 0.717) is 12.8 Å². The topological polar surface area (TPSA) is 72.5 Å². The number of hydrogen-bond donors (Lipinski definition) is 1. The van der Waals surface area contributed by atoms with E-state index in [1.807, 2.05) is 6.07 Å². The minimum atomic E-state index is -4.62. The Morgan fingerprint density at radius 3 is 2.35 bits per heavy atom. The molecule has 1 aromatic carbocycles. The van der Waals surface area contributed by atoms with Gasteiger partial charge in [0, 0.05) is 11.5 Å². The molecule has 1 N–H and O–H groups in total. The van der Waals surface area contributed by atoms with Gasteiger partial charge in [0.05, 0.1) is 5.75 Å².